The van der Waals surface area contributed by atoms with E-state index in [1.807, 2.05) is 24.3 Å². The topological polar surface area (TPSA) is 82.1 Å². The Morgan fingerprint density at radius 3 is 2.43 bits per heavy atom. The van der Waals surface area contributed by atoms with Gasteiger partial charge in [-0.15, -0.1) is 22.0 Å². The number of aromatic nitrogens is 2. The zero-order valence-corrected chi connectivity index (χ0v) is 13.3. The SMILES string of the molecule is O=[N+]([O-])c1ccc(-c2nnc(CSc3ccc(Cl)cc3)o2)cc1. The fraction of sp³-hybridized carbons (Fsp3) is 0.0667. The Morgan fingerprint density at radius 2 is 1.78 bits per heavy atom. The Hall–Kier alpha value is -2.38. The molecule has 116 valence electrons. The highest BCUT2D eigenvalue weighted by Gasteiger charge is 2.11. The van der Waals surface area contributed by atoms with Crippen LogP contribution in [0.15, 0.2) is 57.8 Å². The molecule has 0 unspecified atom stereocenters. The molecule has 0 N–H and O–H groups in total. The van der Waals surface area contributed by atoms with Gasteiger partial charge in [0.15, 0.2) is 0 Å². The summed E-state index contributed by atoms with van der Waals surface area (Å²) in [6.07, 6.45) is 0. The Bertz CT molecular complexity index is 819. The van der Waals surface area contributed by atoms with E-state index in [0.29, 0.717) is 28.1 Å². The lowest BCUT2D eigenvalue weighted by molar-refractivity contribution is -0.384. The lowest BCUT2D eigenvalue weighted by atomic mass is 10.2. The molecule has 3 aromatic rings. The van der Waals surface area contributed by atoms with E-state index in [0.717, 1.165) is 4.90 Å². The fourth-order valence-electron chi connectivity index (χ4n) is 1.83. The Labute approximate surface area is 140 Å². The van der Waals surface area contributed by atoms with Crippen LogP contribution in [-0.2, 0) is 5.75 Å². The average molecular weight is 348 g/mol. The second kappa shape index (κ2) is 6.80. The van der Waals surface area contributed by atoms with Gasteiger partial charge in [-0.2, -0.15) is 0 Å². The van der Waals surface area contributed by atoms with Crippen molar-refractivity contribution in [3.63, 3.8) is 0 Å². The summed E-state index contributed by atoms with van der Waals surface area (Å²) in [4.78, 5) is 11.2. The molecule has 0 amide bonds. The van der Waals surface area contributed by atoms with Crippen molar-refractivity contribution in [1.29, 1.82) is 0 Å². The summed E-state index contributed by atoms with van der Waals surface area (Å²) in [5.74, 6) is 1.35. The maximum absolute atomic E-state index is 10.6. The number of hydrogen-bond acceptors (Lipinski definition) is 6. The second-order valence-electron chi connectivity index (χ2n) is 4.55. The first-order valence-electron chi connectivity index (χ1n) is 6.57. The van der Waals surface area contributed by atoms with Crippen LogP contribution in [0.4, 0.5) is 5.69 Å². The molecule has 0 atom stereocenters. The molecule has 0 bridgehead atoms. The number of nitro benzene ring substituents is 1. The molecule has 0 aliphatic carbocycles. The molecule has 3 rings (SSSR count). The summed E-state index contributed by atoms with van der Waals surface area (Å²) in [6.45, 7) is 0. The Morgan fingerprint density at radius 1 is 1.09 bits per heavy atom. The fourth-order valence-corrected chi connectivity index (χ4v) is 2.69. The molecule has 0 aliphatic heterocycles. The van der Waals surface area contributed by atoms with E-state index in [9.17, 15) is 10.1 Å². The van der Waals surface area contributed by atoms with Gasteiger partial charge in [0.2, 0.25) is 11.8 Å². The van der Waals surface area contributed by atoms with Gasteiger partial charge in [0, 0.05) is 27.6 Å². The van der Waals surface area contributed by atoms with Crippen molar-refractivity contribution in [2.75, 3.05) is 0 Å². The van der Waals surface area contributed by atoms with Crippen molar-refractivity contribution in [3.8, 4) is 11.5 Å². The molecular formula is C15H10ClN3O3S. The maximum atomic E-state index is 10.6. The normalized spacial score (nSPS) is 10.7. The van der Waals surface area contributed by atoms with E-state index in [4.69, 9.17) is 16.0 Å². The van der Waals surface area contributed by atoms with Crippen LogP contribution in [0.3, 0.4) is 0 Å². The van der Waals surface area contributed by atoms with Gasteiger partial charge < -0.3 is 4.42 Å². The first kappa shape index (κ1) is 15.5. The molecule has 6 nitrogen and oxygen atoms in total. The van der Waals surface area contributed by atoms with Crippen LogP contribution < -0.4 is 0 Å². The minimum atomic E-state index is -0.453. The molecule has 0 aliphatic rings. The van der Waals surface area contributed by atoms with E-state index in [2.05, 4.69) is 10.2 Å². The minimum absolute atomic E-state index is 0.0202. The zero-order chi connectivity index (χ0) is 16.2. The predicted molar refractivity (Wildman–Crippen MR) is 87.4 cm³/mol. The number of nitro groups is 1. The summed E-state index contributed by atoms with van der Waals surface area (Å²) < 4.78 is 5.58. The van der Waals surface area contributed by atoms with Gasteiger partial charge in [-0.1, -0.05) is 11.6 Å². The largest absolute Gasteiger partial charge is 0.420 e. The Balaban J connectivity index is 1.67. The monoisotopic (exact) mass is 347 g/mol. The lowest BCUT2D eigenvalue weighted by Crippen LogP contribution is -1.87. The van der Waals surface area contributed by atoms with Gasteiger partial charge in [0.1, 0.15) is 0 Å². The summed E-state index contributed by atoms with van der Waals surface area (Å²) in [7, 11) is 0. The highest BCUT2D eigenvalue weighted by molar-refractivity contribution is 7.98. The number of non-ortho nitro benzene ring substituents is 1. The number of hydrogen-bond donors (Lipinski definition) is 0. The number of halogens is 1. The minimum Gasteiger partial charge on any atom is -0.420 e. The van der Waals surface area contributed by atoms with Crippen LogP contribution in [0, 0.1) is 10.1 Å². The van der Waals surface area contributed by atoms with Crippen molar-refractivity contribution in [1.82, 2.24) is 10.2 Å². The molecular weight excluding hydrogens is 338 g/mol. The molecule has 0 saturated carbocycles. The van der Waals surface area contributed by atoms with Crippen molar-refractivity contribution >= 4 is 29.1 Å². The smallest absolute Gasteiger partial charge is 0.269 e. The van der Waals surface area contributed by atoms with E-state index >= 15 is 0 Å². The zero-order valence-electron chi connectivity index (χ0n) is 11.7. The van der Waals surface area contributed by atoms with Crippen LogP contribution in [0.25, 0.3) is 11.5 Å². The number of benzene rings is 2. The molecule has 1 heterocycles. The quantitative estimate of drug-likeness (QED) is 0.381. The summed E-state index contributed by atoms with van der Waals surface area (Å²) in [5.41, 5.74) is 0.664. The molecule has 0 spiro atoms. The van der Waals surface area contributed by atoms with E-state index in [1.54, 1.807) is 23.9 Å². The van der Waals surface area contributed by atoms with Gasteiger partial charge in [0.05, 0.1) is 10.7 Å². The molecule has 2 aromatic carbocycles. The molecule has 0 saturated heterocycles. The first-order valence-corrected chi connectivity index (χ1v) is 7.94. The van der Waals surface area contributed by atoms with Crippen molar-refractivity contribution in [2.24, 2.45) is 0 Å². The van der Waals surface area contributed by atoms with Crippen molar-refractivity contribution in [3.05, 3.63) is 69.6 Å². The lowest BCUT2D eigenvalue weighted by Gasteiger charge is -1.98. The third-order valence-corrected chi connectivity index (χ3v) is 4.22. The van der Waals surface area contributed by atoms with Crippen LogP contribution >= 0.6 is 23.4 Å². The van der Waals surface area contributed by atoms with Gasteiger partial charge >= 0.3 is 0 Å². The molecule has 23 heavy (non-hydrogen) atoms. The summed E-state index contributed by atoms with van der Waals surface area (Å²) in [6, 6.07) is 13.5. The van der Waals surface area contributed by atoms with Crippen LogP contribution in [0.2, 0.25) is 5.02 Å². The molecule has 8 heteroatoms. The van der Waals surface area contributed by atoms with Crippen LogP contribution in [-0.4, -0.2) is 15.1 Å². The van der Waals surface area contributed by atoms with E-state index < -0.39 is 4.92 Å². The van der Waals surface area contributed by atoms with Crippen LogP contribution in [0.1, 0.15) is 5.89 Å². The summed E-state index contributed by atoms with van der Waals surface area (Å²) in [5, 5.41) is 19.3. The van der Waals surface area contributed by atoms with Gasteiger partial charge in [-0.3, -0.25) is 10.1 Å². The predicted octanol–water partition coefficient (Wildman–Crippen LogP) is 4.59. The number of rotatable bonds is 5. The third-order valence-electron chi connectivity index (χ3n) is 2.97. The highest BCUT2D eigenvalue weighted by Crippen LogP contribution is 2.26. The van der Waals surface area contributed by atoms with Gasteiger partial charge in [0.25, 0.3) is 5.69 Å². The Kier molecular flexibility index (Phi) is 4.59. The number of thioether (sulfide) groups is 1. The van der Waals surface area contributed by atoms with E-state index in [1.165, 1.54) is 12.1 Å². The average Bonchev–Trinajstić information content (AvgIpc) is 3.03. The molecule has 0 fully saturated rings. The summed E-state index contributed by atoms with van der Waals surface area (Å²) >= 11 is 7.39. The number of nitrogens with zero attached hydrogens (tertiary/aromatic N) is 3. The van der Waals surface area contributed by atoms with Crippen LogP contribution in [0.5, 0.6) is 0 Å². The highest BCUT2D eigenvalue weighted by atomic mass is 35.5. The van der Waals surface area contributed by atoms with E-state index in [-0.39, 0.29) is 5.69 Å². The van der Waals surface area contributed by atoms with Crippen molar-refractivity contribution < 1.29 is 9.34 Å². The first-order chi connectivity index (χ1) is 11.1. The maximum Gasteiger partial charge on any atom is 0.269 e. The molecule has 1 aromatic heterocycles. The van der Waals surface area contributed by atoms with Gasteiger partial charge in [-0.05, 0) is 36.4 Å². The molecule has 0 radical (unpaired) electrons. The standard InChI is InChI=1S/C15H10ClN3O3S/c16-11-3-7-13(8-4-11)23-9-14-17-18-15(22-14)10-1-5-12(6-2-10)19(20)21/h1-8H,9H2. The van der Waals surface area contributed by atoms with Crippen molar-refractivity contribution in [2.45, 2.75) is 10.6 Å². The third kappa shape index (κ3) is 3.88. The van der Waals surface area contributed by atoms with Gasteiger partial charge in [-0.25, -0.2) is 0 Å². The second-order valence-corrected chi connectivity index (χ2v) is 6.03.